The number of hydrogen-bond donors (Lipinski definition) is 0. The van der Waals surface area contributed by atoms with Crippen LogP contribution in [0.15, 0.2) is 48.5 Å². The third kappa shape index (κ3) is 2.01. The van der Waals surface area contributed by atoms with Crippen LogP contribution in [-0.2, 0) is 0 Å². The van der Waals surface area contributed by atoms with Gasteiger partial charge >= 0.3 is 0 Å². The molecule has 0 radical (unpaired) electrons. The highest BCUT2D eigenvalue weighted by Gasteiger charge is 2.01. The first-order valence-corrected chi connectivity index (χ1v) is 4.94. The summed E-state index contributed by atoms with van der Waals surface area (Å²) in [5.41, 5.74) is 2.68. The monoisotopic (exact) mass is 213 g/mol. The van der Waals surface area contributed by atoms with Crippen molar-refractivity contribution >= 4 is 11.6 Å². The zero-order valence-corrected chi connectivity index (χ0v) is 8.70. The maximum absolute atomic E-state index is 8.68. The van der Waals surface area contributed by atoms with Crippen LogP contribution in [0.4, 0.5) is 0 Å². The second-order valence-corrected chi connectivity index (χ2v) is 3.58. The number of rotatable bonds is 1. The van der Waals surface area contributed by atoms with E-state index >= 15 is 0 Å². The molecule has 0 saturated carbocycles. The van der Waals surface area contributed by atoms with Crippen molar-refractivity contribution in [1.29, 1.82) is 5.26 Å². The molecule has 0 bridgehead atoms. The molecule has 0 aromatic heterocycles. The summed E-state index contributed by atoms with van der Waals surface area (Å²) >= 11 is 6.07. The molecule has 2 heteroatoms. The van der Waals surface area contributed by atoms with E-state index in [0.717, 1.165) is 16.1 Å². The van der Waals surface area contributed by atoms with Gasteiger partial charge in [-0.3, -0.25) is 0 Å². The molecule has 0 saturated heterocycles. The SMILES string of the molecule is N#Cc1ccc(-c2ccccc2Cl)cc1. The number of halogens is 1. The van der Waals surface area contributed by atoms with Crippen LogP contribution in [0.5, 0.6) is 0 Å². The van der Waals surface area contributed by atoms with Crippen LogP contribution in [0, 0.1) is 11.3 Å². The average molecular weight is 214 g/mol. The number of nitrogens with zero attached hydrogens (tertiary/aromatic N) is 1. The summed E-state index contributed by atoms with van der Waals surface area (Å²) in [6.45, 7) is 0. The van der Waals surface area contributed by atoms with Crippen LogP contribution in [0.25, 0.3) is 11.1 Å². The van der Waals surface area contributed by atoms with Gasteiger partial charge in [0.2, 0.25) is 0 Å². The van der Waals surface area contributed by atoms with E-state index in [2.05, 4.69) is 6.07 Å². The summed E-state index contributed by atoms with van der Waals surface area (Å²) in [5, 5.41) is 9.40. The molecular formula is C13H8ClN. The lowest BCUT2D eigenvalue weighted by Crippen LogP contribution is -1.79. The van der Waals surface area contributed by atoms with Crippen molar-refractivity contribution in [3.8, 4) is 17.2 Å². The maximum atomic E-state index is 8.68. The fourth-order valence-corrected chi connectivity index (χ4v) is 1.66. The predicted molar refractivity (Wildman–Crippen MR) is 61.6 cm³/mol. The Morgan fingerprint density at radius 1 is 0.933 bits per heavy atom. The van der Waals surface area contributed by atoms with Crippen molar-refractivity contribution < 1.29 is 0 Å². The largest absolute Gasteiger partial charge is 0.192 e. The van der Waals surface area contributed by atoms with Crippen molar-refractivity contribution in [3.63, 3.8) is 0 Å². The molecule has 0 aliphatic carbocycles. The van der Waals surface area contributed by atoms with Crippen LogP contribution in [0.2, 0.25) is 5.02 Å². The van der Waals surface area contributed by atoms with E-state index in [1.807, 2.05) is 36.4 Å². The summed E-state index contributed by atoms with van der Waals surface area (Å²) < 4.78 is 0. The van der Waals surface area contributed by atoms with Gasteiger partial charge in [-0.15, -0.1) is 0 Å². The van der Waals surface area contributed by atoms with Gasteiger partial charge < -0.3 is 0 Å². The number of nitriles is 1. The highest BCUT2D eigenvalue weighted by molar-refractivity contribution is 6.33. The minimum absolute atomic E-state index is 0.658. The molecule has 72 valence electrons. The fraction of sp³-hybridized carbons (Fsp3) is 0. The molecule has 0 unspecified atom stereocenters. The van der Waals surface area contributed by atoms with Crippen molar-refractivity contribution in [1.82, 2.24) is 0 Å². The second-order valence-electron chi connectivity index (χ2n) is 3.17. The minimum Gasteiger partial charge on any atom is -0.192 e. The van der Waals surface area contributed by atoms with Gasteiger partial charge in [0, 0.05) is 10.6 Å². The average Bonchev–Trinajstić information content (AvgIpc) is 2.30. The van der Waals surface area contributed by atoms with Gasteiger partial charge in [0.1, 0.15) is 0 Å². The number of hydrogen-bond acceptors (Lipinski definition) is 1. The molecule has 2 aromatic carbocycles. The molecule has 0 heterocycles. The smallest absolute Gasteiger partial charge is 0.0991 e. The Morgan fingerprint density at radius 2 is 1.60 bits per heavy atom. The molecule has 0 atom stereocenters. The third-order valence-corrected chi connectivity index (χ3v) is 2.53. The Hall–Kier alpha value is -1.78. The van der Waals surface area contributed by atoms with Crippen molar-refractivity contribution in [3.05, 3.63) is 59.1 Å². The van der Waals surface area contributed by atoms with Crippen molar-refractivity contribution in [2.45, 2.75) is 0 Å². The normalized spacial score (nSPS) is 9.60. The summed E-state index contributed by atoms with van der Waals surface area (Å²) in [7, 11) is 0. The topological polar surface area (TPSA) is 23.8 Å². The van der Waals surface area contributed by atoms with Crippen molar-refractivity contribution in [2.75, 3.05) is 0 Å². The Bertz CT molecular complexity index is 509. The molecule has 15 heavy (non-hydrogen) atoms. The molecule has 1 nitrogen and oxygen atoms in total. The maximum Gasteiger partial charge on any atom is 0.0991 e. The third-order valence-electron chi connectivity index (χ3n) is 2.20. The van der Waals surface area contributed by atoms with Crippen LogP contribution in [0.1, 0.15) is 5.56 Å². The van der Waals surface area contributed by atoms with E-state index in [-0.39, 0.29) is 0 Å². The first-order chi connectivity index (χ1) is 7.31. The second kappa shape index (κ2) is 4.16. The lowest BCUT2D eigenvalue weighted by atomic mass is 10.0. The van der Waals surface area contributed by atoms with Crippen molar-refractivity contribution in [2.24, 2.45) is 0 Å². The van der Waals surface area contributed by atoms with Crippen LogP contribution in [0.3, 0.4) is 0 Å². The molecule has 0 amide bonds. The van der Waals surface area contributed by atoms with E-state index in [9.17, 15) is 0 Å². The zero-order valence-electron chi connectivity index (χ0n) is 7.94. The van der Waals surface area contributed by atoms with Crippen LogP contribution in [-0.4, -0.2) is 0 Å². The molecule has 0 aliphatic rings. The van der Waals surface area contributed by atoms with E-state index in [1.54, 1.807) is 12.1 Å². The molecule has 2 aromatic rings. The standard InChI is InChI=1S/C13H8ClN/c14-13-4-2-1-3-12(13)11-7-5-10(9-15)6-8-11/h1-8H. The van der Waals surface area contributed by atoms with Gasteiger partial charge in [0.05, 0.1) is 11.6 Å². The van der Waals surface area contributed by atoms with Gasteiger partial charge in [0.25, 0.3) is 0 Å². The Balaban J connectivity index is 2.47. The highest BCUT2D eigenvalue weighted by atomic mass is 35.5. The summed E-state index contributed by atoms with van der Waals surface area (Å²) in [6.07, 6.45) is 0. The predicted octanol–water partition coefficient (Wildman–Crippen LogP) is 3.88. The van der Waals surface area contributed by atoms with Gasteiger partial charge in [-0.05, 0) is 23.8 Å². The van der Waals surface area contributed by atoms with Gasteiger partial charge in [-0.2, -0.15) is 5.26 Å². The van der Waals surface area contributed by atoms with E-state index < -0.39 is 0 Å². The molecular weight excluding hydrogens is 206 g/mol. The quantitative estimate of drug-likeness (QED) is 0.705. The Morgan fingerprint density at radius 3 is 2.20 bits per heavy atom. The van der Waals surface area contributed by atoms with Crippen LogP contribution >= 0.6 is 11.6 Å². The van der Waals surface area contributed by atoms with Crippen LogP contribution < -0.4 is 0 Å². The van der Waals surface area contributed by atoms with E-state index in [1.165, 1.54) is 0 Å². The Labute approximate surface area is 93.5 Å². The summed E-state index contributed by atoms with van der Waals surface area (Å²) in [6, 6.07) is 17.1. The lowest BCUT2D eigenvalue weighted by Gasteiger charge is -2.03. The Kier molecular flexibility index (Phi) is 2.71. The fourth-order valence-electron chi connectivity index (χ4n) is 1.42. The molecule has 2 rings (SSSR count). The lowest BCUT2D eigenvalue weighted by molar-refractivity contribution is 1.48. The van der Waals surface area contributed by atoms with Gasteiger partial charge in [0.15, 0.2) is 0 Å². The molecule has 0 spiro atoms. The van der Waals surface area contributed by atoms with Gasteiger partial charge in [-0.1, -0.05) is 41.9 Å². The van der Waals surface area contributed by atoms with E-state index in [0.29, 0.717) is 5.56 Å². The minimum atomic E-state index is 0.658. The summed E-state index contributed by atoms with van der Waals surface area (Å²) in [4.78, 5) is 0. The molecule has 0 fully saturated rings. The molecule has 0 aliphatic heterocycles. The first kappa shape index (κ1) is 9.76. The zero-order chi connectivity index (χ0) is 10.7. The van der Waals surface area contributed by atoms with E-state index in [4.69, 9.17) is 16.9 Å². The van der Waals surface area contributed by atoms with Gasteiger partial charge in [-0.25, -0.2) is 0 Å². The number of benzene rings is 2. The summed E-state index contributed by atoms with van der Waals surface area (Å²) in [5.74, 6) is 0. The molecule has 0 N–H and O–H groups in total. The highest BCUT2D eigenvalue weighted by Crippen LogP contribution is 2.27. The first-order valence-electron chi connectivity index (χ1n) is 4.56.